The van der Waals surface area contributed by atoms with E-state index in [1.807, 2.05) is 6.92 Å². The van der Waals surface area contributed by atoms with Crippen LogP contribution >= 0.6 is 0 Å². The summed E-state index contributed by atoms with van der Waals surface area (Å²) in [6.07, 6.45) is 0.842. The molecule has 14 heavy (non-hydrogen) atoms. The van der Waals surface area contributed by atoms with Gasteiger partial charge < -0.3 is 13.3 Å². The summed E-state index contributed by atoms with van der Waals surface area (Å²) in [6, 6.07) is 0. The van der Waals surface area contributed by atoms with Crippen LogP contribution in [0.4, 0.5) is 0 Å². The van der Waals surface area contributed by atoms with E-state index >= 15 is 0 Å². The quantitative estimate of drug-likeness (QED) is 0.506. The molecule has 0 aliphatic heterocycles. The third-order valence-corrected chi connectivity index (χ3v) is 5.83. The highest BCUT2D eigenvalue weighted by Crippen LogP contribution is 2.43. The zero-order valence-electron chi connectivity index (χ0n) is 10.1. The van der Waals surface area contributed by atoms with Gasteiger partial charge in [-0.15, -0.1) is 6.58 Å². The minimum atomic E-state index is -2.57. The van der Waals surface area contributed by atoms with E-state index in [9.17, 15) is 0 Å². The van der Waals surface area contributed by atoms with Gasteiger partial charge in [-0.3, -0.25) is 0 Å². The van der Waals surface area contributed by atoms with Gasteiger partial charge in [0, 0.05) is 26.4 Å². The van der Waals surface area contributed by atoms with Crippen LogP contribution in [-0.4, -0.2) is 30.1 Å². The molecule has 3 nitrogen and oxygen atoms in total. The molecule has 0 aromatic rings. The highest BCUT2D eigenvalue weighted by atomic mass is 28.4. The maximum Gasteiger partial charge on any atom is 0.506 e. The Hall–Kier alpha value is -0.163. The van der Waals surface area contributed by atoms with E-state index in [4.69, 9.17) is 13.3 Å². The maximum absolute atomic E-state index is 5.46. The lowest BCUT2D eigenvalue weighted by Crippen LogP contribution is -2.52. The van der Waals surface area contributed by atoms with Crippen molar-refractivity contribution in [3.05, 3.63) is 12.2 Å². The topological polar surface area (TPSA) is 27.7 Å². The molecule has 0 N–H and O–H groups in total. The Balaban J connectivity index is 4.87. The lowest BCUT2D eigenvalue weighted by atomic mass is 10.0. The van der Waals surface area contributed by atoms with Crippen LogP contribution in [0.1, 0.15) is 27.2 Å². The highest BCUT2D eigenvalue weighted by Gasteiger charge is 2.53. The van der Waals surface area contributed by atoms with Gasteiger partial charge in [0.25, 0.3) is 0 Å². The standard InChI is InChI=1S/C10H22O3Si/c1-9(2)8-10(3,4)14(11-5,12-6)13-7/h1,8H2,2-7H3. The molecule has 0 fully saturated rings. The van der Waals surface area contributed by atoms with E-state index in [1.54, 1.807) is 21.3 Å². The fourth-order valence-electron chi connectivity index (χ4n) is 1.94. The van der Waals surface area contributed by atoms with E-state index in [-0.39, 0.29) is 5.04 Å². The molecule has 0 saturated heterocycles. The van der Waals surface area contributed by atoms with Crippen molar-refractivity contribution in [1.82, 2.24) is 0 Å². The normalized spacial score (nSPS) is 13.0. The van der Waals surface area contributed by atoms with Gasteiger partial charge in [-0.25, -0.2) is 0 Å². The van der Waals surface area contributed by atoms with Crippen LogP contribution in [0.15, 0.2) is 12.2 Å². The van der Waals surface area contributed by atoms with Crippen molar-refractivity contribution < 1.29 is 13.3 Å². The molecule has 0 amide bonds. The Labute approximate surface area is 88.4 Å². The van der Waals surface area contributed by atoms with Gasteiger partial charge in [0.05, 0.1) is 0 Å². The monoisotopic (exact) mass is 218 g/mol. The van der Waals surface area contributed by atoms with Crippen molar-refractivity contribution >= 4 is 8.80 Å². The van der Waals surface area contributed by atoms with Crippen molar-refractivity contribution in [1.29, 1.82) is 0 Å². The first-order chi connectivity index (χ1) is 6.35. The summed E-state index contributed by atoms with van der Waals surface area (Å²) < 4.78 is 16.4. The molecule has 0 radical (unpaired) electrons. The number of hydrogen-bond donors (Lipinski definition) is 0. The Bertz CT molecular complexity index is 189. The first kappa shape index (κ1) is 13.8. The van der Waals surface area contributed by atoms with Crippen molar-refractivity contribution in [3.63, 3.8) is 0 Å². The molecule has 0 atom stereocenters. The van der Waals surface area contributed by atoms with Crippen molar-refractivity contribution in [2.75, 3.05) is 21.3 Å². The Morgan fingerprint density at radius 2 is 1.50 bits per heavy atom. The summed E-state index contributed by atoms with van der Waals surface area (Å²) in [6.45, 7) is 10.1. The molecule has 0 aliphatic carbocycles. The number of rotatable bonds is 6. The second-order valence-electron chi connectivity index (χ2n) is 4.19. The molecule has 0 aromatic heterocycles. The minimum absolute atomic E-state index is 0.142. The Morgan fingerprint density at radius 3 is 1.71 bits per heavy atom. The molecular formula is C10H22O3Si. The molecule has 4 heteroatoms. The van der Waals surface area contributed by atoms with Gasteiger partial charge in [-0.05, 0) is 13.3 Å². The fourth-order valence-corrected chi connectivity index (χ4v) is 4.62. The first-order valence-corrected chi connectivity index (χ1v) is 6.37. The summed E-state index contributed by atoms with van der Waals surface area (Å²) in [5, 5.41) is -0.142. The second-order valence-corrected chi connectivity index (χ2v) is 7.88. The summed E-state index contributed by atoms with van der Waals surface area (Å²) in [4.78, 5) is 0. The summed E-state index contributed by atoms with van der Waals surface area (Å²) >= 11 is 0. The lowest BCUT2D eigenvalue weighted by Gasteiger charge is -2.38. The van der Waals surface area contributed by atoms with E-state index in [2.05, 4.69) is 20.4 Å². The molecule has 0 unspecified atom stereocenters. The van der Waals surface area contributed by atoms with Crippen LogP contribution in [0.25, 0.3) is 0 Å². The van der Waals surface area contributed by atoms with Crippen LogP contribution in [0.2, 0.25) is 5.04 Å². The average Bonchev–Trinajstić information content (AvgIpc) is 2.05. The smallest absolute Gasteiger partial charge is 0.377 e. The van der Waals surface area contributed by atoms with E-state index in [0.717, 1.165) is 12.0 Å². The van der Waals surface area contributed by atoms with E-state index in [1.165, 1.54) is 0 Å². The minimum Gasteiger partial charge on any atom is -0.377 e. The SMILES string of the molecule is C=C(C)CC(C)(C)[Si](OC)(OC)OC. The van der Waals surface area contributed by atoms with Gasteiger partial charge in [0.2, 0.25) is 0 Å². The molecule has 0 rings (SSSR count). The highest BCUT2D eigenvalue weighted by molar-refractivity contribution is 6.64. The number of allylic oxidation sites excluding steroid dienone is 1. The van der Waals surface area contributed by atoms with Crippen molar-refractivity contribution in [2.24, 2.45) is 0 Å². The van der Waals surface area contributed by atoms with E-state index < -0.39 is 8.80 Å². The average molecular weight is 218 g/mol. The van der Waals surface area contributed by atoms with E-state index in [0.29, 0.717) is 0 Å². The van der Waals surface area contributed by atoms with Crippen molar-refractivity contribution in [2.45, 2.75) is 32.2 Å². The molecule has 0 saturated carbocycles. The Kier molecular flexibility index (Phi) is 5.01. The molecule has 0 aromatic carbocycles. The van der Waals surface area contributed by atoms with Crippen LogP contribution in [0.5, 0.6) is 0 Å². The van der Waals surface area contributed by atoms with Gasteiger partial charge in [0.15, 0.2) is 0 Å². The van der Waals surface area contributed by atoms with Crippen LogP contribution in [0.3, 0.4) is 0 Å². The lowest BCUT2D eigenvalue weighted by molar-refractivity contribution is 0.0952. The Morgan fingerprint density at radius 1 is 1.14 bits per heavy atom. The molecule has 0 aliphatic rings. The van der Waals surface area contributed by atoms with Crippen LogP contribution in [-0.2, 0) is 13.3 Å². The summed E-state index contributed by atoms with van der Waals surface area (Å²) in [5.74, 6) is 0. The predicted octanol–water partition coefficient (Wildman–Crippen LogP) is 2.61. The second kappa shape index (κ2) is 5.07. The third kappa shape index (κ3) is 2.67. The molecular weight excluding hydrogens is 196 g/mol. The van der Waals surface area contributed by atoms with Gasteiger partial charge in [0.1, 0.15) is 0 Å². The fraction of sp³-hybridized carbons (Fsp3) is 0.800. The van der Waals surface area contributed by atoms with Crippen LogP contribution in [0, 0.1) is 0 Å². The predicted molar refractivity (Wildman–Crippen MR) is 60.3 cm³/mol. The van der Waals surface area contributed by atoms with Crippen LogP contribution < -0.4 is 0 Å². The molecule has 84 valence electrons. The van der Waals surface area contributed by atoms with Gasteiger partial charge >= 0.3 is 8.80 Å². The summed E-state index contributed by atoms with van der Waals surface area (Å²) in [5.41, 5.74) is 1.11. The zero-order valence-corrected chi connectivity index (χ0v) is 11.1. The molecule has 0 bridgehead atoms. The third-order valence-electron chi connectivity index (χ3n) is 2.38. The van der Waals surface area contributed by atoms with Crippen molar-refractivity contribution in [3.8, 4) is 0 Å². The zero-order chi connectivity index (χ0) is 11.4. The molecule has 0 spiro atoms. The number of hydrogen-bond acceptors (Lipinski definition) is 3. The van der Waals surface area contributed by atoms with Gasteiger partial charge in [-0.1, -0.05) is 19.4 Å². The van der Waals surface area contributed by atoms with Gasteiger partial charge in [-0.2, -0.15) is 0 Å². The first-order valence-electron chi connectivity index (χ1n) is 4.65. The maximum atomic E-state index is 5.46. The summed E-state index contributed by atoms with van der Waals surface area (Å²) in [7, 11) is 2.35. The largest absolute Gasteiger partial charge is 0.506 e. The molecule has 0 heterocycles.